The number of benzene rings is 2. The van der Waals surface area contributed by atoms with Crippen LogP contribution in [-0.4, -0.2) is 19.3 Å². The lowest BCUT2D eigenvalue weighted by Crippen LogP contribution is -2.34. The predicted octanol–water partition coefficient (Wildman–Crippen LogP) is 4.70. The van der Waals surface area contributed by atoms with Crippen LogP contribution in [0.15, 0.2) is 42.5 Å². The summed E-state index contributed by atoms with van der Waals surface area (Å²) >= 11 is 0. The van der Waals surface area contributed by atoms with Crippen LogP contribution in [0.1, 0.15) is 45.2 Å². The maximum absolute atomic E-state index is 6.04. The highest BCUT2D eigenvalue weighted by atomic mass is 16.5. The van der Waals surface area contributed by atoms with Crippen molar-refractivity contribution in [2.24, 2.45) is 0 Å². The standard InChI is InChI=1S/C19H27NO/c1-4-10-18(21-6-3)19(20-5-2)17-14-9-12-15-11-7-8-13-16(15)17/h7-9,11-14,18-20H,4-6,10H2,1-3H3. The molecule has 114 valence electrons. The quantitative estimate of drug-likeness (QED) is 0.759. The molecule has 0 aliphatic heterocycles. The molecule has 1 N–H and O–H groups in total. The maximum atomic E-state index is 6.04. The van der Waals surface area contributed by atoms with Crippen molar-refractivity contribution in [2.75, 3.05) is 13.2 Å². The van der Waals surface area contributed by atoms with Gasteiger partial charge in [-0.25, -0.2) is 0 Å². The molecule has 0 aliphatic carbocycles. The molecule has 0 aromatic heterocycles. The van der Waals surface area contributed by atoms with Crippen molar-refractivity contribution in [1.29, 1.82) is 0 Å². The van der Waals surface area contributed by atoms with Crippen LogP contribution in [0, 0.1) is 0 Å². The minimum atomic E-state index is 0.228. The first kappa shape index (κ1) is 16.0. The van der Waals surface area contributed by atoms with Gasteiger partial charge in [0.25, 0.3) is 0 Å². The molecular weight excluding hydrogens is 258 g/mol. The predicted molar refractivity (Wildman–Crippen MR) is 90.7 cm³/mol. The van der Waals surface area contributed by atoms with Gasteiger partial charge >= 0.3 is 0 Å². The number of fused-ring (bicyclic) bond motifs is 1. The van der Waals surface area contributed by atoms with E-state index in [1.807, 2.05) is 0 Å². The summed E-state index contributed by atoms with van der Waals surface area (Å²) in [4.78, 5) is 0. The van der Waals surface area contributed by atoms with E-state index in [0.717, 1.165) is 26.0 Å². The van der Waals surface area contributed by atoms with E-state index in [1.54, 1.807) is 0 Å². The number of rotatable bonds is 8. The van der Waals surface area contributed by atoms with Gasteiger partial charge in [-0.2, -0.15) is 0 Å². The van der Waals surface area contributed by atoms with Crippen molar-refractivity contribution in [3.8, 4) is 0 Å². The average molecular weight is 285 g/mol. The van der Waals surface area contributed by atoms with Crippen LogP contribution >= 0.6 is 0 Å². The Hall–Kier alpha value is -1.38. The zero-order valence-corrected chi connectivity index (χ0v) is 13.4. The smallest absolute Gasteiger partial charge is 0.0769 e. The van der Waals surface area contributed by atoms with Crippen molar-refractivity contribution in [3.05, 3.63) is 48.0 Å². The number of likely N-dealkylation sites (N-methyl/N-ethyl adjacent to an activating group) is 1. The molecule has 0 heterocycles. The number of hydrogen-bond acceptors (Lipinski definition) is 2. The largest absolute Gasteiger partial charge is 0.377 e. The monoisotopic (exact) mass is 285 g/mol. The van der Waals surface area contributed by atoms with Crippen molar-refractivity contribution in [1.82, 2.24) is 5.32 Å². The molecule has 21 heavy (non-hydrogen) atoms. The summed E-state index contributed by atoms with van der Waals surface area (Å²) in [5.74, 6) is 0. The minimum absolute atomic E-state index is 0.228. The summed E-state index contributed by atoms with van der Waals surface area (Å²) in [6.45, 7) is 8.17. The first-order valence-electron chi connectivity index (χ1n) is 8.14. The van der Waals surface area contributed by atoms with E-state index < -0.39 is 0 Å². The fraction of sp³-hybridized carbons (Fsp3) is 0.474. The molecule has 0 radical (unpaired) electrons. The van der Waals surface area contributed by atoms with Gasteiger partial charge in [-0.1, -0.05) is 62.7 Å². The first-order valence-corrected chi connectivity index (χ1v) is 8.14. The molecule has 2 unspecified atom stereocenters. The zero-order valence-electron chi connectivity index (χ0n) is 13.4. The second-order valence-electron chi connectivity index (χ2n) is 5.39. The minimum Gasteiger partial charge on any atom is -0.377 e. The topological polar surface area (TPSA) is 21.3 Å². The summed E-state index contributed by atoms with van der Waals surface area (Å²) in [5.41, 5.74) is 1.35. The molecule has 0 amide bonds. The lowest BCUT2D eigenvalue weighted by Gasteiger charge is -2.29. The number of hydrogen-bond donors (Lipinski definition) is 1. The van der Waals surface area contributed by atoms with E-state index in [2.05, 4.69) is 68.6 Å². The lowest BCUT2D eigenvalue weighted by atomic mass is 9.93. The van der Waals surface area contributed by atoms with Gasteiger partial charge in [-0.05, 0) is 36.2 Å². The Kier molecular flexibility index (Phi) is 6.21. The second-order valence-corrected chi connectivity index (χ2v) is 5.39. The third kappa shape index (κ3) is 3.84. The Morgan fingerprint density at radius 3 is 2.48 bits per heavy atom. The first-order chi connectivity index (χ1) is 10.3. The lowest BCUT2D eigenvalue weighted by molar-refractivity contribution is 0.0283. The summed E-state index contributed by atoms with van der Waals surface area (Å²) in [5, 5.41) is 6.26. The molecule has 0 spiro atoms. The number of nitrogens with one attached hydrogen (secondary N) is 1. The van der Waals surface area contributed by atoms with E-state index in [1.165, 1.54) is 16.3 Å². The molecule has 2 atom stereocenters. The van der Waals surface area contributed by atoms with Gasteiger partial charge in [0, 0.05) is 6.61 Å². The Labute approximate surface area is 128 Å². The zero-order chi connectivity index (χ0) is 15.1. The Morgan fingerprint density at radius 1 is 1.00 bits per heavy atom. The summed E-state index contributed by atoms with van der Waals surface area (Å²) in [7, 11) is 0. The molecule has 2 aromatic rings. The van der Waals surface area contributed by atoms with Crippen molar-refractivity contribution in [3.63, 3.8) is 0 Å². The normalized spacial score (nSPS) is 14.2. The van der Waals surface area contributed by atoms with Gasteiger partial charge in [0.2, 0.25) is 0 Å². The van der Waals surface area contributed by atoms with Gasteiger partial charge in [0.1, 0.15) is 0 Å². The molecule has 2 nitrogen and oxygen atoms in total. The third-order valence-electron chi connectivity index (χ3n) is 3.91. The van der Waals surface area contributed by atoms with E-state index >= 15 is 0 Å². The average Bonchev–Trinajstić information content (AvgIpc) is 2.52. The second kappa shape index (κ2) is 8.16. The van der Waals surface area contributed by atoms with Gasteiger partial charge in [-0.15, -0.1) is 0 Å². The van der Waals surface area contributed by atoms with E-state index in [0.29, 0.717) is 0 Å². The van der Waals surface area contributed by atoms with Crippen LogP contribution in [0.25, 0.3) is 10.8 Å². The SMILES string of the molecule is CCCC(OCC)C(NCC)c1cccc2ccccc12. The Balaban J connectivity index is 2.43. The van der Waals surface area contributed by atoms with E-state index in [9.17, 15) is 0 Å². The summed E-state index contributed by atoms with van der Waals surface area (Å²) in [6, 6.07) is 15.4. The Bertz CT molecular complexity index is 541. The molecular formula is C19H27NO. The van der Waals surface area contributed by atoms with Crippen molar-refractivity contribution < 1.29 is 4.74 Å². The maximum Gasteiger partial charge on any atom is 0.0769 e. The van der Waals surface area contributed by atoms with Gasteiger partial charge in [0.15, 0.2) is 0 Å². The highest BCUT2D eigenvalue weighted by Crippen LogP contribution is 2.29. The molecule has 0 saturated heterocycles. The number of ether oxygens (including phenoxy) is 1. The molecule has 2 aromatic carbocycles. The van der Waals surface area contributed by atoms with Crippen molar-refractivity contribution in [2.45, 2.75) is 45.8 Å². The fourth-order valence-corrected chi connectivity index (χ4v) is 3.03. The molecule has 0 bridgehead atoms. The molecule has 2 heteroatoms. The molecule has 2 rings (SSSR count). The molecule has 0 aliphatic rings. The van der Waals surface area contributed by atoms with Gasteiger partial charge in [0.05, 0.1) is 12.1 Å². The highest BCUT2D eigenvalue weighted by molar-refractivity contribution is 5.86. The van der Waals surface area contributed by atoms with Gasteiger partial charge < -0.3 is 10.1 Å². The fourth-order valence-electron chi connectivity index (χ4n) is 3.03. The van der Waals surface area contributed by atoms with E-state index in [4.69, 9.17) is 4.74 Å². The van der Waals surface area contributed by atoms with Crippen LogP contribution in [0.2, 0.25) is 0 Å². The van der Waals surface area contributed by atoms with Crippen LogP contribution in [0.5, 0.6) is 0 Å². The van der Waals surface area contributed by atoms with E-state index in [-0.39, 0.29) is 12.1 Å². The molecule has 0 saturated carbocycles. The Morgan fingerprint density at radius 2 is 1.76 bits per heavy atom. The van der Waals surface area contributed by atoms with Gasteiger partial charge in [-0.3, -0.25) is 0 Å². The van der Waals surface area contributed by atoms with Crippen LogP contribution in [0.3, 0.4) is 0 Å². The summed E-state index contributed by atoms with van der Waals surface area (Å²) < 4.78 is 6.04. The van der Waals surface area contributed by atoms with Crippen LogP contribution in [-0.2, 0) is 4.74 Å². The van der Waals surface area contributed by atoms with Crippen molar-refractivity contribution >= 4 is 10.8 Å². The summed E-state index contributed by atoms with van der Waals surface area (Å²) in [6.07, 6.45) is 2.44. The van der Waals surface area contributed by atoms with Crippen LogP contribution < -0.4 is 5.32 Å². The van der Waals surface area contributed by atoms with Crippen LogP contribution in [0.4, 0.5) is 0 Å². The molecule has 0 fully saturated rings. The third-order valence-corrected chi connectivity index (χ3v) is 3.91. The highest BCUT2D eigenvalue weighted by Gasteiger charge is 2.23.